The Labute approximate surface area is 338 Å². The third-order valence-electron chi connectivity index (χ3n) is 11.4. The van der Waals surface area contributed by atoms with E-state index in [4.69, 9.17) is 9.47 Å². The van der Waals surface area contributed by atoms with Crippen molar-refractivity contribution in [3.05, 3.63) is 0 Å². The van der Waals surface area contributed by atoms with E-state index < -0.39 is 0 Å². The van der Waals surface area contributed by atoms with E-state index in [9.17, 15) is 9.59 Å². The van der Waals surface area contributed by atoms with E-state index in [-0.39, 0.29) is 23.8 Å². The number of nitrogens with zero attached hydrogens (tertiary/aromatic N) is 2. The highest BCUT2D eigenvalue weighted by Crippen LogP contribution is 2.21. The Morgan fingerprint density at radius 2 is 0.685 bits per heavy atom. The van der Waals surface area contributed by atoms with Gasteiger partial charge in [0.2, 0.25) is 0 Å². The van der Waals surface area contributed by atoms with Crippen LogP contribution in [0, 0.1) is 11.8 Å². The first kappa shape index (κ1) is 52.9. The molecule has 0 amide bonds. The number of likely N-dealkylation sites (N-methyl/N-ethyl adjacent to an activating group) is 1. The van der Waals surface area contributed by atoms with Gasteiger partial charge in [-0.15, -0.1) is 0 Å². The minimum atomic E-state index is 0.0665. The van der Waals surface area contributed by atoms with Crippen LogP contribution in [0.2, 0.25) is 0 Å². The van der Waals surface area contributed by atoms with E-state index in [0.717, 1.165) is 83.6 Å². The molecule has 2 unspecified atom stereocenters. The van der Waals surface area contributed by atoms with Gasteiger partial charge < -0.3 is 19.3 Å². The van der Waals surface area contributed by atoms with Crippen molar-refractivity contribution in [2.45, 2.75) is 233 Å². The molecule has 0 aliphatic rings. The zero-order valence-corrected chi connectivity index (χ0v) is 37.6. The third kappa shape index (κ3) is 35.3. The zero-order valence-electron chi connectivity index (χ0n) is 37.6. The van der Waals surface area contributed by atoms with Gasteiger partial charge in [0.1, 0.15) is 0 Å². The molecule has 322 valence electrons. The fourth-order valence-electron chi connectivity index (χ4n) is 7.55. The van der Waals surface area contributed by atoms with Gasteiger partial charge in [0, 0.05) is 13.1 Å². The Bertz CT molecular complexity index is 791. The van der Waals surface area contributed by atoms with E-state index in [1.165, 1.54) is 148 Å². The molecule has 0 N–H and O–H groups in total. The lowest BCUT2D eigenvalue weighted by atomic mass is 9.95. The molecule has 0 fully saturated rings. The third-order valence-corrected chi connectivity index (χ3v) is 11.4. The minimum Gasteiger partial charge on any atom is -0.465 e. The van der Waals surface area contributed by atoms with E-state index >= 15 is 0 Å². The molecule has 0 saturated carbocycles. The molecule has 0 aliphatic heterocycles. The second kappa shape index (κ2) is 41.5. The van der Waals surface area contributed by atoms with Crippen molar-refractivity contribution in [3.8, 4) is 0 Å². The Hall–Kier alpha value is -1.14. The van der Waals surface area contributed by atoms with Gasteiger partial charge in [-0.3, -0.25) is 9.59 Å². The maximum atomic E-state index is 12.7. The van der Waals surface area contributed by atoms with Gasteiger partial charge in [0.05, 0.1) is 25.0 Å². The Kier molecular flexibility index (Phi) is 40.6. The summed E-state index contributed by atoms with van der Waals surface area (Å²) < 4.78 is 11.4. The fraction of sp³-hybridized carbons (Fsp3) is 0.958. The van der Waals surface area contributed by atoms with Gasteiger partial charge >= 0.3 is 11.9 Å². The number of rotatable bonds is 43. The van der Waals surface area contributed by atoms with Crippen molar-refractivity contribution in [1.29, 1.82) is 0 Å². The highest BCUT2D eigenvalue weighted by Gasteiger charge is 2.20. The summed E-state index contributed by atoms with van der Waals surface area (Å²) >= 11 is 0. The quantitative estimate of drug-likeness (QED) is 0.0455. The van der Waals surface area contributed by atoms with Crippen LogP contribution >= 0.6 is 0 Å². The topological polar surface area (TPSA) is 59.1 Å². The SMILES string of the molecule is CCCCCCC(CCCC)C(=O)OCCCCCCCCCCCN(CCCCCCCCCOC(=O)C(CCCC)CCCCCC)CCN(C)C. The van der Waals surface area contributed by atoms with Crippen molar-refractivity contribution < 1.29 is 19.1 Å². The van der Waals surface area contributed by atoms with Gasteiger partial charge in [0.25, 0.3) is 0 Å². The van der Waals surface area contributed by atoms with Crippen LogP contribution < -0.4 is 0 Å². The van der Waals surface area contributed by atoms with Gasteiger partial charge in [-0.25, -0.2) is 0 Å². The molecule has 2 atom stereocenters. The normalized spacial score (nSPS) is 12.8. The van der Waals surface area contributed by atoms with Crippen LogP contribution in [0.3, 0.4) is 0 Å². The molecule has 6 heteroatoms. The average Bonchev–Trinajstić information content (AvgIpc) is 3.16. The zero-order chi connectivity index (χ0) is 39.7. The lowest BCUT2D eigenvalue weighted by Crippen LogP contribution is -2.33. The lowest BCUT2D eigenvalue weighted by molar-refractivity contribution is -0.150. The maximum Gasteiger partial charge on any atom is 0.308 e. The summed E-state index contributed by atoms with van der Waals surface area (Å²) in [6.07, 6.45) is 38.6. The summed E-state index contributed by atoms with van der Waals surface area (Å²) in [6.45, 7) is 14.9. The van der Waals surface area contributed by atoms with Crippen LogP contribution in [0.15, 0.2) is 0 Å². The number of unbranched alkanes of at least 4 members (excludes halogenated alkanes) is 22. The van der Waals surface area contributed by atoms with Crippen LogP contribution in [0.1, 0.15) is 233 Å². The van der Waals surface area contributed by atoms with Crippen molar-refractivity contribution in [1.82, 2.24) is 9.80 Å². The molecular formula is C48H96N2O4. The standard InChI is InChI=1S/C48H96N2O4/c1-7-11-15-29-37-45(35-13-9-3)47(51)53-43-33-27-23-19-17-18-21-25-31-39-50(42-41-49(5)6)40-32-26-22-20-24-28-34-44-54-48(52)46(36-14-10-4)38-30-16-12-8-2/h45-46H,7-44H2,1-6H3. The van der Waals surface area contributed by atoms with E-state index in [0.29, 0.717) is 13.2 Å². The average molecular weight is 765 g/mol. The number of carbonyl (C=O) groups excluding carboxylic acids is 2. The van der Waals surface area contributed by atoms with Crippen LogP contribution in [-0.2, 0) is 19.1 Å². The highest BCUT2D eigenvalue weighted by atomic mass is 16.5. The second-order valence-electron chi connectivity index (χ2n) is 17.0. The van der Waals surface area contributed by atoms with Crippen molar-refractivity contribution in [3.63, 3.8) is 0 Å². The molecule has 6 nitrogen and oxygen atoms in total. The summed E-state index contributed by atoms with van der Waals surface area (Å²) in [6, 6.07) is 0. The smallest absolute Gasteiger partial charge is 0.308 e. The van der Waals surface area contributed by atoms with Gasteiger partial charge in [-0.2, -0.15) is 0 Å². The molecular weight excluding hydrogens is 669 g/mol. The first-order chi connectivity index (χ1) is 26.4. The Balaban J connectivity index is 3.94. The fourth-order valence-corrected chi connectivity index (χ4v) is 7.55. The lowest BCUT2D eigenvalue weighted by Gasteiger charge is -2.24. The Morgan fingerprint density at radius 1 is 0.370 bits per heavy atom. The summed E-state index contributed by atoms with van der Waals surface area (Å²) in [5.74, 6) is 0.377. The summed E-state index contributed by atoms with van der Waals surface area (Å²) in [4.78, 5) is 30.3. The van der Waals surface area contributed by atoms with E-state index in [1.54, 1.807) is 0 Å². The summed E-state index contributed by atoms with van der Waals surface area (Å²) in [5, 5.41) is 0. The molecule has 0 aromatic carbocycles. The molecule has 0 aromatic heterocycles. The molecule has 0 saturated heterocycles. The summed E-state index contributed by atoms with van der Waals surface area (Å²) in [7, 11) is 4.37. The highest BCUT2D eigenvalue weighted by molar-refractivity contribution is 5.72. The summed E-state index contributed by atoms with van der Waals surface area (Å²) in [5.41, 5.74) is 0. The van der Waals surface area contributed by atoms with Gasteiger partial charge in [0.15, 0.2) is 0 Å². The van der Waals surface area contributed by atoms with Crippen molar-refractivity contribution >= 4 is 11.9 Å². The van der Waals surface area contributed by atoms with Gasteiger partial charge in [-0.1, -0.05) is 182 Å². The second-order valence-corrected chi connectivity index (χ2v) is 17.0. The maximum absolute atomic E-state index is 12.7. The van der Waals surface area contributed by atoms with E-state index in [2.05, 4.69) is 51.6 Å². The largest absolute Gasteiger partial charge is 0.465 e. The van der Waals surface area contributed by atoms with Crippen LogP contribution in [0.25, 0.3) is 0 Å². The minimum absolute atomic E-state index is 0.0665. The van der Waals surface area contributed by atoms with Crippen molar-refractivity contribution in [2.24, 2.45) is 11.8 Å². The number of ether oxygens (including phenoxy) is 2. The number of hydrogen-bond donors (Lipinski definition) is 0. The van der Waals surface area contributed by atoms with Crippen LogP contribution in [-0.4, -0.2) is 75.2 Å². The Morgan fingerprint density at radius 3 is 1.04 bits per heavy atom. The number of hydrogen-bond acceptors (Lipinski definition) is 6. The molecule has 0 aliphatic carbocycles. The van der Waals surface area contributed by atoms with E-state index in [1.807, 2.05) is 0 Å². The van der Waals surface area contributed by atoms with Crippen LogP contribution in [0.4, 0.5) is 0 Å². The molecule has 0 radical (unpaired) electrons. The first-order valence-electron chi connectivity index (χ1n) is 24.1. The van der Waals surface area contributed by atoms with Crippen LogP contribution in [0.5, 0.6) is 0 Å². The predicted molar refractivity (Wildman–Crippen MR) is 234 cm³/mol. The molecule has 0 rings (SSSR count). The molecule has 0 aromatic rings. The molecule has 0 bridgehead atoms. The van der Waals surface area contributed by atoms with Crippen molar-refractivity contribution in [2.75, 3.05) is 53.5 Å². The predicted octanol–water partition coefficient (Wildman–Crippen LogP) is 13.7. The number of esters is 2. The monoisotopic (exact) mass is 765 g/mol. The molecule has 54 heavy (non-hydrogen) atoms. The van der Waals surface area contributed by atoms with Gasteiger partial charge in [-0.05, 0) is 78.6 Å². The molecule has 0 heterocycles. The molecule has 0 spiro atoms. The number of carbonyl (C=O) groups is 2. The first-order valence-corrected chi connectivity index (χ1v) is 24.1.